The third-order valence-electron chi connectivity index (χ3n) is 1.92. The first-order valence-corrected chi connectivity index (χ1v) is 4.93. The lowest BCUT2D eigenvalue weighted by Crippen LogP contribution is -1.94. The predicted molar refractivity (Wildman–Crippen MR) is 56.4 cm³/mol. The smallest absolute Gasteiger partial charge is 0.134 e. The Bertz CT molecular complexity index is 414. The summed E-state index contributed by atoms with van der Waals surface area (Å²) in [5, 5.41) is 0.483. The van der Waals surface area contributed by atoms with Crippen LogP contribution in [0.5, 0.6) is 0 Å². The fourth-order valence-corrected chi connectivity index (χ4v) is 1.36. The van der Waals surface area contributed by atoms with Crippen LogP contribution in [0, 0.1) is 0 Å². The van der Waals surface area contributed by atoms with Gasteiger partial charge in [-0.15, -0.1) is 0 Å². The Morgan fingerprint density at radius 3 is 2.93 bits per heavy atom. The Hall–Kier alpha value is -1.32. The van der Waals surface area contributed by atoms with Crippen LogP contribution in [0.2, 0.25) is 5.15 Å². The Balaban J connectivity index is 1.86. The van der Waals surface area contributed by atoms with Crippen molar-refractivity contribution in [3.05, 3.63) is 53.2 Å². The number of aromatic nitrogens is 1. The standard InChI is InChI=1S/C11H10ClNO2/c12-11-9(3-1-5-13-11)7-14-8-10-4-2-6-15-10/h1-6H,7-8H2. The quantitative estimate of drug-likeness (QED) is 0.748. The molecule has 2 aromatic rings. The van der Waals surface area contributed by atoms with Gasteiger partial charge in [0.2, 0.25) is 0 Å². The topological polar surface area (TPSA) is 35.3 Å². The second-order valence-corrected chi connectivity index (χ2v) is 3.38. The highest BCUT2D eigenvalue weighted by Crippen LogP contribution is 2.13. The van der Waals surface area contributed by atoms with E-state index in [1.54, 1.807) is 12.5 Å². The van der Waals surface area contributed by atoms with Crippen molar-refractivity contribution < 1.29 is 9.15 Å². The van der Waals surface area contributed by atoms with E-state index in [2.05, 4.69) is 4.98 Å². The largest absolute Gasteiger partial charge is 0.467 e. The number of nitrogens with zero attached hydrogens (tertiary/aromatic N) is 1. The van der Waals surface area contributed by atoms with E-state index >= 15 is 0 Å². The summed E-state index contributed by atoms with van der Waals surface area (Å²) >= 11 is 5.87. The Kier molecular flexibility index (Phi) is 3.37. The molecule has 0 aliphatic carbocycles. The van der Waals surface area contributed by atoms with Crippen LogP contribution in [0.15, 0.2) is 41.1 Å². The molecule has 0 saturated carbocycles. The van der Waals surface area contributed by atoms with E-state index in [1.807, 2.05) is 24.3 Å². The summed E-state index contributed by atoms with van der Waals surface area (Å²) in [7, 11) is 0. The van der Waals surface area contributed by atoms with Gasteiger partial charge < -0.3 is 9.15 Å². The van der Waals surface area contributed by atoms with Crippen molar-refractivity contribution in [1.82, 2.24) is 4.98 Å². The molecule has 0 fully saturated rings. The molecule has 0 aliphatic rings. The number of hydrogen-bond acceptors (Lipinski definition) is 3. The van der Waals surface area contributed by atoms with Crippen LogP contribution in [-0.4, -0.2) is 4.98 Å². The van der Waals surface area contributed by atoms with Gasteiger partial charge in [0.25, 0.3) is 0 Å². The van der Waals surface area contributed by atoms with E-state index in [0.717, 1.165) is 11.3 Å². The average molecular weight is 224 g/mol. The lowest BCUT2D eigenvalue weighted by atomic mass is 10.3. The molecule has 0 aromatic carbocycles. The second kappa shape index (κ2) is 4.96. The van der Waals surface area contributed by atoms with Crippen molar-refractivity contribution in [2.45, 2.75) is 13.2 Å². The van der Waals surface area contributed by atoms with Crippen molar-refractivity contribution in [2.75, 3.05) is 0 Å². The van der Waals surface area contributed by atoms with Gasteiger partial charge in [0.15, 0.2) is 0 Å². The molecule has 3 nitrogen and oxygen atoms in total. The van der Waals surface area contributed by atoms with Crippen molar-refractivity contribution in [2.24, 2.45) is 0 Å². The fraction of sp³-hybridized carbons (Fsp3) is 0.182. The maximum Gasteiger partial charge on any atom is 0.134 e. The molecular formula is C11H10ClNO2. The van der Waals surface area contributed by atoms with Crippen LogP contribution in [0.3, 0.4) is 0 Å². The normalized spacial score (nSPS) is 10.5. The Morgan fingerprint density at radius 2 is 2.20 bits per heavy atom. The molecule has 0 spiro atoms. The third-order valence-corrected chi connectivity index (χ3v) is 2.26. The maximum atomic E-state index is 5.87. The number of pyridine rings is 1. The van der Waals surface area contributed by atoms with Crippen molar-refractivity contribution >= 4 is 11.6 Å². The van der Waals surface area contributed by atoms with Gasteiger partial charge in [0, 0.05) is 11.8 Å². The average Bonchev–Trinajstić information content (AvgIpc) is 2.74. The number of rotatable bonds is 4. The number of ether oxygens (including phenoxy) is 1. The lowest BCUT2D eigenvalue weighted by molar-refractivity contribution is 0.0928. The molecule has 0 N–H and O–H groups in total. The molecular weight excluding hydrogens is 214 g/mol. The zero-order valence-corrected chi connectivity index (χ0v) is 8.78. The zero-order valence-electron chi connectivity index (χ0n) is 8.02. The van der Waals surface area contributed by atoms with Crippen molar-refractivity contribution in [3.8, 4) is 0 Å². The zero-order chi connectivity index (χ0) is 10.5. The number of halogens is 1. The number of hydrogen-bond donors (Lipinski definition) is 0. The van der Waals surface area contributed by atoms with Gasteiger partial charge in [-0.3, -0.25) is 0 Å². The van der Waals surface area contributed by atoms with Gasteiger partial charge >= 0.3 is 0 Å². The fourth-order valence-electron chi connectivity index (χ4n) is 1.18. The summed E-state index contributed by atoms with van der Waals surface area (Å²) in [5.74, 6) is 0.801. The summed E-state index contributed by atoms with van der Waals surface area (Å²) in [6, 6.07) is 7.41. The Morgan fingerprint density at radius 1 is 1.27 bits per heavy atom. The van der Waals surface area contributed by atoms with Gasteiger partial charge in [-0.25, -0.2) is 4.98 Å². The van der Waals surface area contributed by atoms with Gasteiger partial charge in [0.1, 0.15) is 17.5 Å². The summed E-state index contributed by atoms with van der Waals surface area (Å²) in [6.45, 7) is 0.881. The van der Waals surface area contributed by atoms with Crippen molar-refractivity contribution in [1.29, 1.82) is 0 Å². The highest BCUT2D eigenvalue weighted by molar-refractivity contribution is 6.30. The minimum Gasteiger partial charge on any atom is -0.467 e. The van der Waals surface area contributed by atoms with E-state index in [9.17, 15) is 0 Å². The van der Waals surface area contributed by atoms with Crippen LogP contribution >= 0.6 is 11.6 Å². The summed E-state index contributed by atoms with van der Waals surface area (Å²) in [6.07, 6.45) is 3.27. The molecule has 0 saturated heterocycles. The molecule has 4 heteroatoms. The lowest BCUT2D eigenvalue weighted by Gasteiger charge is -2.03. The molecule has 0 radical (unpaired) electrons. The molecule has 0 aliphatic heterocycles. The minimum atomic E-state index is 0.438. The molecule has 15 heavy (non-hydrogen) atoms. The van der Waals surface area contributed by atoms with E-state index < -0.39 is 0 Å². The minimum absolute atomic E-state index is 0.438. The maximum absolute atomic E-state index is 5.87. The molecule has 2 heterocycles. The van der Waals surface area contributed by atoms with E-state index in [4.69, 9.17) is 20.8 Å². The third kappa shape index (κ3) is 2.81. The summed E-state index contributed by atoms with van der Waals surface area (Å²) in [4.78, 5) is 3.96. The van der Waals surface area contributed by atoms with Gasteiger partial charge in [-0.1, -0.05) is 17.7 Å². The van der Waals surface area contributed by atoms with Crippen LogP contribution in [0.4, 0.5) is 0 Å². The SMILES string of the molecule is Clc1ncccc1COCc1ccco1. The summed E-state index contributed by atoms with van der Waals surface area (Å²) in [5.41, 5.74) is 0.880. The molecule has 0 unspecified atom stereocenters. The number of furan rings is 1. The molecule has 2 rings (SSSR count). The highest BCUT2D eigenvalue weighted by Gasteiger charge is 2.01. The first-order chi connectivity index (χ1) is 7.36. The van der Waals surface area contributed by atoms with Crippen LogP contribution in [0.1, 0.15) is 11.3 Å². The van der Waals surface area contributed by atoms with Crippen molar-refractivity contribution in [3.63, 3.8) is 0 Å². The summed E-state index contributed by atoms with van der Waals surface area (Å²) < 4.78 is 10.6. The Labute approximate surface area is 92.6 Å². The van der Waals surface area contributed by atoms with E-state index in [-0.39, 0.29) is 0 Å². The van der Waals surface area contributed by atoms with Crippen LogP contribution in [0.25, 0.3) is 0 Å². The first kappa shape index (κ1) is 10.2. The van der Waals surface area contributed by atoms with Gasteiger partial charge in [0.05, 0.1) is 12.9 Å². The molecule has 0 bridgehead atoms. The highest BCUT2D eigenvalue weighted by atomic mass is 35.5. The van der Waals surface area contributed by atoms with E-state index in [0.29, 0.717) is 18.4 Å². The molecule has 0 amide bonds. The van der Waals surface area contributed by atoms with Crippen LogP contribution < -0.4 is 0 Å². The first-order valence-electron chi connectivity index (χ1n) is 4.56. The molecule has 2 aromatic heterocycles. The molecule has 0 atom stereocenters. The second-order valence-electron chi connectivity index (χ2n) is 3.03. The molecule has 78 valence electrons. The van der Waals surface area contributed by atoms with E-state index in [1.165, 1.54) is 0 Å². The van der Waals surface area contributed by atoms with Gasteiger partial charge in [-0.2, -0.15) is 0 Å². The predicted octanol–water partition coefficient (Wildman–Crippen LogP) is 3.04. The van der Waals surface area contributed by atoms with Crippen LogP contribution in [-0.2, 0) is 18.0 Å². The van der Waals surface area contributed by atoms with Gasteiger partial charge in [-0.05, 0) is 18.2 Å². The monoisotopic (exact) mass is 223 g/mol.